The van der Waals surface area contributed by atoms with Gasteiger partial charge in [-0.15, -0.1) is 0 Å². The van der Waals surface area contributed by atoms with E-state index in [1.807, 2.05) is 0 Å². The molecule has 1 aromatic rings. The van der Waals surface area contributed by atoms with Gasteiger partial charge in [-0.1, -0.05) is 6.07 Å². The fourth-order valence-corrected chi connectivity index (χ4v) is 3.23. The first-order valence-electron chi connectivity index (χ1n) is 7.09. The lowest BCUT2D eigenvalue weighted by atomic mass is 10.0. The van der Waals surface area contributed by atoms with Crippen LogP contribution in [0.5, 0.6) is 0 Å². The first-order valence-corrected chi connectivity index (χ1v) is 7.09. The van der Waals surface area contributed by atoms with Crippen LogP contribution in [0.3, 0.4) is 0 Å². The van der Waals surface area contributed by atoms with E-state index in [0.29, 0.717) is 17.4 Å². The largest absolute Gasteiger partial charge is 0.418 e. The van der Waals surface area contributed by atoms with Crippen molar-refractivity contribution in [2.45, 2.75) is 32.0 Å². The molecule has 2 unspecified atom stereocenters. The third-order valence-electron chi connectivity index (χ3n) is 4.50. The summed E-state index contributed by atoms with van der Waals surface area (Å²) in [5.41, 5.74) is 4.76. The van der Waals surface area contributed by atoms with E-state index in [0.717, 1.165) is 18.9 Å². The molecule has 0 bridgehead atoms. The predicted octanol–water partition coefficient (Wildman–Crippen LogP) is 3.15. The lowest BCUT2D eigenvalue weighted by Crippen LogP contribution is -2.23. The number of nitrogens with one attached hydrogen (secondary N) is 1. The molecule has 2 aliphatic carbocycles. The molecule has 0 heterocycles. The molecule has 1 aromatic carbocycles. The summed E-state index contributed by atoms with van der Waals surface area (Å²) in [5, 5.41) is 2.45. The molecular weight excluding hydrogens is 281 g/mol. The number of amides is 1. The second kappa shape index (κ2) is 5.02. The zero-order valence-corrected chi connectivity index (χ0v) is 11.4. The molecule has 0 radical (unpaired) electrons. The quantitative estimate of drug-likeness (QED) is 0.900. The van der Waals surface area contributed by atoms with Gasteiger partial charge >= 0.3 is 6.18 Å². The van der Waals surface area contributed by atoms with E-state index >= 15 is 0 Å². The smallest absolute Gasteiger partial charge is 0.326 e. The minimum Gasteiger partial charge on any atom is -0.326 e. The highest BCUT2D eigenvalue weighted by atomic mass is 19.4. The van der Waals surface area contributed by atoms with E-state index in [-0.39, 0.29) is 24.1 Å². The van der Waals surface area contributed by atoms with Crippen LogP contribution in [-0.4, -0.2) is 5.91 Å². The number of hydrogen-bond donors (Lipinski definition) is 2. The maximum Gasteiger partial charge on any atom is 0.418 e. The first-order chi connectivity index (χ1) is 9.88. The van der Waals surface area contributed by atoms with Gasteiger partial charge in [0.15, 0.2) is 0 Å². The molecule has 3 rings (SSSR count). The number of hydrogen-bond acceptors (Lipinski definition) is 2. The number of benzene rings is 1. The van der Waals surface area contributed by atoms with Crippen molar-refractivity contribution in [3.05, 3.63) is 29.3 Å². The van der Waals surface area contributed by atoms with E-state index < -0.39 is 11.7 Å². The van der Waals surface area contributed by atoms with Crippen LogP contribution >= 0.6 is 0 Å². The van der Waals surface area contributed by atoms with Crippen LogP contribution in [0.1, 0.15) is 30.4 Å². The Labute approximate surface area is 120 Å². The third kappa shape index (κ3) is 2.90. The highest BCUT2D eigenvalue weighted by Crippen LogP contribution is 2.54. The van der Waals surface area contributed by atoms with Gasteiger partial charge in [-0.05, 0) is 48.8 Å². The van der Waals surface area contributed by atoms with Crippen LogP contribution < -0.4 is 11.1 Å². The minimum absolute atomic E-state index is 0.0310. The van der Waals surface area contributed by atoms with Crippen molar-refractivity contribution in [3.63, 3.8) is 0 Å². The predicted molar refractivity (Wildman–Crippen MR) is 72.3 cm³/mol. The van der Waals surface area contributed by atoms with E-state index in [4.69, 9.17) is 5.73 Å². The molecule has 21 heavy (non-hydrogen) atoms. The van der Waals surface area contributed by atoms with Crippen LogP contribution in [0.25, 0.3) is 0 Å². The van der Waals surface area contributed by atoms with Gasteiger partial charge in [0.2, 0.25) is 5.91 Å². The molecule has 2 fully saturated rings. The van der Waals surface area contributed by atoms with Crippen molar-refractivity contribution in [1.82, 2.24) is 0 Å². The highest BCUT2D eigenvalue weighted by molar-refractivity contribution is 5.93. The van der Waals surface area contributed by atoms with Gasteiger partial charge < -0.3 is 11.1 Å². The summed E-state index contributed by atoms with van der Waals surface area (Å²) in [5.74, 6) is 0.780. The molecular formula is C15H17F3N2O. The molecule has 0 aliphatic heterocycles. The normalized spacial score (nSPS) is 27.3. The number of nitrogens with two attached hydrogens (primary N) is 1. The number of anilines is 1. The molecule has 6 heteroatoms. The Balaban J connectivity index is 1.79. The summed E-state index contributed by atoms with van der Waals surface area (Å²) in [6, 6.07) is 3.80. The van der Waals surface area contributed by atoms with Gasteiger partial charge in [0.1, 0.15) is 0 Å². The van der Waals surface area contributed by atoms with E-state index in [1.165, 1.54) is 18.6 Å². The molecule has 1 amide bonds. The van der Waals surface area contributed by atoms with Crippen LogP contribution in [0.2, 0.25) is 0 Å². The molecule has 2 atom stereocenters. The Morgan fingerprint density at radius 1 is 1.24 bits per heavy atom. The summed E-state index contributed by atoms with van der Waals surface area (Å²) >= 11 is 0. The Hall–Kier alpha value is -1.56. The summed E-state index contributed by atoms with van der Waals surface area (Å²) in [6.07, 6.45) is -1.73. The third-order valence-corrected chi connectivity index (χ3v) is 4.50. The minimum atomic E-state index is -4.51. The summed E-state index contributed by atoms with van der Waals surface area (Å²) < 4.78 is 39.2. The Bertz CT molecular complexity index is 561. The Kier molecular flexibility index (Phi) is 3.43. The molecule has 0 saturated heterocycles. The van der Waals surface area contributed by atoms with Crippen molar-refractivity contribution in [1.29, 1.82) is 0 Å². The van der Waals surface area contributed by atoms with Gasteiger partial charge in [-0.3, -0.25) is 4.79 Å². The molecule has 3 nitrogen and oxygen atoms in total. The summed E-state index contributed by atoms with van der Waals surface area (Å²) in [7, 11) is 0. The number of carbonyl (C=O) groups excluding carboxylic acids is 1. The van der Waals surface area contributed by atoms with E-state index in [9.17, 15) is 18.0 Å². The van der Waals surface area contributed by atoms with Crippen molar-refractivity contribution in [2.75, 3.05) is 5.32 Å². The Morgan fingerprint density at radius 3 is 2.48 bits per heavy atom. The zero-order valence-electron chi connectivity index (χ0n) is 11.4. The molecule has 2 aliphatic rings. The lowest BCUT2D eigenvalue weighted by Gasteiger charge is -2.17. The maximum absolute atomic E-state index is 13.1. The number of alkyl halides is 3. The second-order valence-corrected chi connectivity index (χ2v) is 6.00. The molecule has 2 saturated carbocycles. The topological polar surface area (TPSA) is 55.1 Å². The summed E-state index contributed by atoms with van der Waals surface area (Å²) in [6.45, 7) is 0.0310. The van der Waals surface area contributed by atoms with Crippen LogP contribution in [-0.2, 0) is 17.5 Å². The van der Waals surface area contributed by atoms with E-state index in [1.54, 1.807) is 0 Å². The van der Waals surface area contributed by atoms with Crippen molar-refractivity contribution < 1.29 is 18.0 Å². The maximum atomic E-state index is 13.1. The number of rotatable bonds is 3. The fourth-order valence-electron chi connectivity index (χ4n) is 3.23. The SMILES string of the molecule is NCc1ccc(NC(=O)C2CC3CC3C2)c(C(F)(F)F)c1. The monoisotopic (exact) mass is 298 g/mol. The van der Waals surface area contributed by atoms with E-state index in [2.05, 4.69) is 5.32 Å². The summed E-state index contributed by atoms with van der Waals surface area (Å²) in [4.78, 5) is 12.1. The number of carbonyl (C=O) groups is 1. The molecule has 0 spiro atoms. The number of fused-ring (bicyclic) bond motifs is 1. The fraction of sp³-hybridized carbons (Fsp3) is 0.533. The standard InChI is InChI=1S/C15H17F3N2O/c16-15(17,18)12-3-8(7-19)1-2-13(12)20-14(21)11-5-9-4-10(9)6-11/h1-3,9-11H,4-7,19H2,(H,20,21). The van der Waals surface area contributed by atoms with Crippen LogP contribution in [0.15, 0.2) is 18.2 Å². The van der Waals surface area contributed by atoms with Crippen molar-refractivity contribution >= 4 is 11.6 Å². The average Bonchev–Trinajstić information content (AvgIpc) is 3.04. The van der Waals surface area contributed by atoms with Crippen molar-refractivity contribution in [2.24, 2.45) is 23.5 Å². The van der Waals surface area contributed by atoms with Crippen LogP contribution in [0, 0.1) is 17.8 Å². The lowest BCUT2D eigenvalue weighted by molar-refractivity contribution is -0.137. The molecule has 114 valence electrons. The van der Waals surface area contributed by atoms with Gasteiger partial charge in [0, 0.05) is 12.5 Å². The molecule has 3 N–H and O–H groups in total. The van der Waals surface area contributed by atoms with Gasteiger partial charge in [-0.25, -0.2) is 0 Å². The first kappa shape index (κ1) is 14.4. The highest BCUT2D eigenvalue weighted by Gasteiger charge is 2.48. The van der Waals surface area contributed by atoms with Crippen LogP contribution in [0.4, 0.5) is 18.9 Å². The number of halogens is 3. The van der Waals surface area contributed by atoms with Gasteiger partial charge in [0.05, 0.1) is 11.3 Å². The average molecular weight is 298 g/mol. The second-order valence-electron chi connectivity index (χ2n) is 6.00. The van der Waals surface area contributed by atoms with Gasteiger partial charge in [-0.2, -0.15) is 13.2 Å². The molecule has 0 aromatic heterocycles. The Morgan fingerprint density at radius 2 is 1.90 bits per heavy atom. The van der Waals surface area contributed by atoms with Crippen molar-refractivity contribution in [3.8, 4) is 0 Å². The zero-order chi connectivity index (χ0) is 15.2. The van der Waals surface area contributed by atoms with Gasteiger partial charge in [0.25, 0.3) is 0 Å².